The van der Waals surface area contributed by atoms with Crippen LogP contribution in [0.2, 0.25) is 0 Å². The third kappa shape index (κ3) is 7.08. The number of aryl methyl sites for hydroxylation is 1. The lowest BCUT2D eigenvalue weighted by Crippen LogP contribution is -2.36. The minimum atomic E-state index is -0.928. The van der Waals surface area contributed by atoms with Gasteiger partial charge in [-0.1, -0.05) is 43.7 Å². The van der Waals surface area contributed by atoms with Gasteiger partial charge in [-0.05, 0) is 12.8 Å². The Balaban J connectivity index is 2.57. The number of carbonyl (C=O) groups is 3. The van der Waals surface area contributed by atoms with Crippen molar-refractivity contribution >= 4 is 17.7 Å². The second-order valence-corrected chi connectivity index (χ2v) is 6.17. The van der Waals surface area contributed by atoms with Crippen molar-refractivity contribution < 1.29 is 19.5 Å². The molecule has 1 amide bonds. The number of nitrogens with zero attached hydrogens (tertiary/aromatic N) is 1. The molecule has 0 aliphatic carbocycles. The summed E-state index contributed by atoms with van der Waals surface area (Å²) in [6.45, 7) is 6.58. The van der Waals surface area contributed by atoms with E-state index in [-0.39, 0.29) is 43.4 Å². The smallest absolute Gasteiger partial charge is 0.305 e. The molecule has 0 aliphatic heterocycles. The van der Waals surface area contributed by atoms with E-state index < -0.39 is 5.97 Å². The topological polar surface area (TPSA) is 74.7 Å². The minimum Gasteiger partial charge on any atom is -0.481 e. The highest BCUT2D eigenvalue weighted by Gasteiger charge is 2.17. The normalized spacial score (nSPS) is 10.6. The van der Waals surface area contributed by atoms with Gasteiger partial charge >= 0.3 is 5.97 Å². The van der Waals surface area contributed by atoms with Gasteiger partial charge in [-0.15, -0.1) is 0 Å². The van der Waals surface area contributed by atoms with Crippen molar-refractivity contribution in [3.63, 3.8) is 0 Å². The van der Waals surface area contributed by atoms with Gasteiger partial charge in [-0.2, -0.15) is 0 Å². The van der Waals surface area contributed by atoms with Gasteiger partial charge in [0.2, 0.25) is 5.91 Å². The van der Waals surface area contributed by atoms with Crippen molar-refractivity contribution in [2.75, 3.05) is 13.1 Å². The van der Waals surface area contributed by atoms with Crippen LogP contribution in [0.25, 0.3) is 0 Å². The second kappa shape index (κ2) is 9.08. The number of carboxylic acid groups (broad SMARTS) is 1. The molecule has 0 bridgehead atoms. The Morgan fingerprint density at radius 2 is 1.65 bits per heavy atom. The highest BCUT2D eigenvalue weighted by atomic mass is 16.4. The first-order valence-corrected chi connectivity index (χ1v) is 7.89. The van der Waals surface area contributed by atoms with Gasteiger partial charge in [-0.3, -0.25) is 14.4 Å². The first-order valence-electron chi connectivity index (χ1n) is 7.89. The van der Waals surface area contributed by atoms with Crippen LogP contribution in [0, 0.1) is 12.8 Å². The zero-order valence-electron chi connectivity index (χ0n) is 14.0. The number of Topliss-reactive ketones (excluding diaryl/α,β-unsaturated/α-hetero) is 1. The Kier molecular flexibility index (Phi) is 7.45. The number of aliphatic carboxylic acids is 1. The van der Waals surface area contributed by atoms with Crippen molar-refractivity contribution in [1.82, 2.24) is 4.90 Å². The molecule has 0 saturated heterocycles. The maximum Gasteiger partial charge on any atom is 0.305 e. The predicted molar refractivity (Wildman–Crippen MR) is 88.4 cm³/mol. The number of ketones is 1. The maximum atomic E-state index is 12.3. The third-order valence-corrected chi connectivity index (χ3v) is 3.47. The number of benzene rings is 1. The molecule has 0 unspecified atom stereocenters. The molecule has 1 N–H and O–H groups in total. The van der Waals surface area contributed by atoms with Crippen molar-refractivity contribution in [3.8, 4) is 0 Å². The molecule has 1 aromatic rings. The molecule has 5 heteroatoms. The Morgan fingerprint density at radius 1 is 1.04 bits per heavy atom. The first kappa shape index (κ1) is 18.9. The molecule has 0 spiro atoms. The monoisotopic (exact) mass is 319 g/mol. The van der Waals surface area contributed by atoms with Crippen LogP contribution < -0.4 is 0 Å². The summed E-state index contributed by atoms with van der Waals surface area (Å²) in [6.07, 6.45) is 0.174. The molecule has 126 valence electrons. The van der Waals surface area contributed by atoms with Crippen LogP contribution in [-0.2, 0) is 9.59 Å². The summed E-state index contributed by atoms with van der Waals surface area (Å²) in [6, 6.07) is 7.26. The standard InChI is InChI=1S/C18H25NO4/c1-13(2)12-19(11-10-18(22)23)17(21)9-8-16(20)15-6-4-14(3)5-7-15/h4-7,13H,8-12H2,1-3H3,(H,22,23). The quantitative estimate of drug-likeness (QED) is 0.710. The van der Waals surface area contributed by atoms with Gasteiger partial charge < -0.3 is 10.0 Å². The van der Waals surface area contributed by atoms with E-state index >= 15 is 0 Å². The number of hydrogen-bond acceptors (Lipinski definition) is 3. The van der Waals surface area contributed by atoms with Crippen LogP contribution in [0.15, 0.2) is 24.3 Å². The SMILES string of the molecule is Cc1ccc(C(=O)CCC(=O)N(CCC(=O)O)CC(C)C)cc1. The van der Waals surface area contributed by atoms with Gasteiger partial charge in [-0.25, -0.2) is 0 Å². The Labute approximate surface area is 137 Å². The van der Waals surface area contributed by atoms with Crippen molar-refractivity contribution in [3.05, 3.63) is 35.4 Å². The van der Waals surface area contributed by atoms with Crippen molar-refractivity contribution in [1.29, 1.82) is 0 Å². The highest BCUT2D eigenvalue weighted by molar-refractivity contribution is 5.98. The third-order valence-electron chi connectivity index (χ3n) is 3.47. The van der Waals surface area contributed by atoms with Crippen LogP contribution >= 0.6 is 0 Å². The molecule has 5 nitrogen and oxygen atoms in total. The predicted octanol–water partition coefficient (Wildman–Crippen LogP) is 2.92. The molecule has 0 radical (unpaired) electrons. The van der Waals surface area contributed by atoms with E-state index in [2.05, 4.69) is 0 Å². The molecule has 0 saturated carbocycles. The van der Waals surface area contributed by atoms with Crippen LogP contribution in [0.3, 0.4) is 0 Å². The Hall–Kier alpha value is -2.17. The molecule has 1 rings (SSSR count). The van der Waals surface area contributed by atoms with E-state index in [0.29, 0.717) is 12.1 Å². The average molecular weight is 319 g/mol. The van der Waals surface area contributed by atoms with Gasteiger partial charge in [0.05, 0.1) is 6.42 Å². The minimum absolute atomic E-state index is 0.0684. The van der Waals surface area contributed by atoms with E-state index in [1.54, 1.807) is 17.0 Å². The number of rotatable bonds is 9. The lowest BCUT2D eigenvalue weighted by Gasteiger charge is -2.24. The summed E-state index contributed by atoms with van der Waals surface area (Å²) in [7, 11) is 0. The first-order chi connectivity index (χ1) is 10.8. The average Bonchev–Trinajstić information content (AvgIpc) is 2.48. The lowest BCUT2D eigenvalue weighted by atomic mass is 10.0. The highest BCUT2D eigenvalue weighted by Crippen LogP contribution is 2.10. The van der Waals surface area contributed by atoms with Crippen LogP contribution in [0.1, 0.15) is 49.0 Å². The fourth-order valence-corrected chi connectivity index (χ4v) is 2.25. The fraction of sp³-hybridized carbons (Fsp3) is 0.500. The Morgan fingerprint density at radius 3 is 2.17 bits per heavy atom. The molecular weight excluding hydrogens is 294 g/mol. The molecule has 0 heterocycles. The van der Waals surface area contributed by atoms with Crippen LogP contribution in [0.5, 0.6) is 0 Å². The molecule has 1 aromatic carbocycles. The Bertz CT molecular complexity index is 549. The van der Waals surface area contributed by atoms with E-state index in [4.69, 9.17) is 5.11 Å². The molecule has 0 aliphatic rings. The van der Waals surface area contributed by atoms with Gasteiger partial charge in [0.25, 0.3) is 0 Å². The molecule has 0 fully saturated rings. The zero-order chi connectivity index (χ0) is 17.4. The number of hydrogen-bond donors (Lipinski definition) is 1. The van der Waals surface area contributed by atoms with E-state index in [0.717, 1.165) is 5.56 Å². The number of carbonyl (C=O) groups excluding carboxylic acids is 2. The van der Waals surface area contributed by atoms with Crippen molar-refractivity contribution in [2.24, 2.45) is 5.92 Å². The fourth-order valence-electron chi connectivity index (χ4n) is 2.25. The zero-order valence-corrected chi connectivity index (χ0v) is 14.0. The second-order valence-electron chi connectivity index (χ2n) is 6.17. The number of amides is 1. The molecule has 0 atom stereocenters. The summed E-state index contributed by atoms with van der Waals surface area (Å²) in [5.41, 5.74) is 1.68. The summed E-state index contributed by atoms with van der Waals surface area (Å²) in [5, 5.41) is 8.78. The summed E-state index contributed by atoms with van der Waals surface area (Å²) >= 11 is 0. The van der Waals surface area contributed by atoms with Gasteiger partial charge in [0.1, 0.15) is 0 Å². The number of carboxylic acids is 1. The molecular formula is C18H25NO4. The molecule has 23 heavy (non-hydrogen) atoms. The summed E-state index contributed by atoms with van der Waals surface area (Å²) < 4.78 is 0. The van der Waals surface area contributed by atoms with E-state index in [1.165, 1.54) is 0 Å². The largest absolute Gasteiger partial charge is 0.481 e. The maximum absolute atomic E-state index is 12.3. The lowest BCUT2D eigenvalue weighted by molar-refractivity contribution is -0.138. The summed E-state index contributed by atoms with van der Waals surface area (Å²) in [5.74, 6) is -0.913. The van der Waals surface area contributed by atoms with Crippen molar-refractivity contribution in [2.45, 2.75) is 40.0 Å². The van der Waals surface area contributed by atoms with Gasteiger partial charge in [0.15, 0.2) is 5.78 Å². The summed E-state index contributed by atoms with van der Waals surface area (Å²) in [4.78, 5) is 36.6. The van der Waals surface area contributed by atoms with E-state index in [9.17, 15) is 14.4 Å². The van der Waals surface area contributed by atoms with Crippen LogP contribution in [-0.4, -0.2) is 40.8 Å². The van der Waals surface area contributed by atoms with E-state index in [1.807, 2.05) is 32.9 Å². The van der Waals surface area contributed by atoms with Gasteiger partial charge in [0, 0.05) is 31.5 Å². The van der Waals surface area contributed by atoms with Crippen LogP contribution in [0.4, 0.5) is 0 Å². The molecule has 0 aromatic heterocycles.